The lowest BCUT2D eigenvalue weighted by Crippen LogP contribution is -2.08. The SMILES string of the molecule is C[C@H](Oc1cccc2c1oc(=O)n2C)c1cc(Cl)cnc1N. The van der Waals surface area contributed by atoms with Gasteiger partial charge in [-0.15, -0.1) is 0 Å². The fourth-order valence-corrected chi connectivity index (χ4v) is 2.43. The van der Waals surface area contributed by atoms with Crippen LogP contribution in [0.3, 0.4) is 0 Å². The summed E-state index contributed by atoms with van der Waals surface area (Å²) in [7, 11) is 1.64. The number of benzene rings is 1. The number of nitrogens with two attached hydrogens (primary N) is 1. The average molecular weight is 320 g/mol. The highest BCUT2D eigenvalue weighted by atomic mass is 35.5. The summed E-state index contributed by atoms with van der Waals surface area (Å²) in [4.78, 5) is 15.6. The zero-order chi connectivity index (χ0) is 15.9. The van der Waals surface area contributed by atoms with Crippen LogP contribution in [-0.2, 0) is 7.05 Å². The molecular weight excluding hydrogens is 306 g/mol. The van der Waals surface area contributed by atoms with Crippen molar-refractivity contribution in [3.8, 4) is 5.75 Å². The van der Waals surface area contributed by atoms with Crippen molar-refractivity contribution in [2.45, 2.75) is 13.0 Å². The van der Waals surface area contributed by atoms with Gasteiger partial charge in [-0.05, 0) is 25.1 Å². The third-order valence-electron chi connectivity index (χ3n) is 3.44. The number of nitrogens with zero attached hydrogens (tertiary/aromatic N) is 2. The molecule has 0 aliphatic rings. The molecule has 6 nitrogen and oxygen atoms in total. The number of aromatic nitrogens is 2. The molecule has 0 fully saturated rings. The smallest absolute Gasteiger partial charge is 0.419 e. The standard InChI is InChI=1S/C15H14ClN3O3/c1-8(10-6-9(16)7-18-14(10)17)21-12-5-3-4-11-13(12)22-15(20)19(11)2/h3-8H,1-2H3,(H2,17,18)/t8-/m0/s1. The summed E-state index contributed by atoms with van der Waals surface area (Å²) < 4.78 is 12.5. The monoisotopic (exact) mass is 319 g/mol. The molecule has 3 rings (SSSR count). The minimum Gasteiger partial charge on any atom is -0.482 e. The first-order chi connectivity index (χ1) is 10.5. The summed E-state index contributed by atoms with van der Waals surface area (Å²) in [5.41, 5.74) is 7.58. The Morgan fingerprint density at radius 1 is 1.45 bits per heavy atom. The highest BCUT2D eigenvalue weighted by molar-refractivity contribution is 6.30. The van der Waals surface area contributed by atoms with Crippen LogP contribution in [0.1, 0.15) is 18.6 Å². The van der Waals surface area contributed by atoms with Crippen molar-refractivity contribution in [3.05, 3.63) is 51.6 Å². The number of nitrogen functional groups attached to an aromatic ring is 1. The zero-order valence-electron chi connectivity index (χ0n) is 12.0. The highest BCUT2D eigenvalue weighted by Crippen LogP contribution is 2.31. The topological polar surface area (TPSA) is 83.3 Å². The molecule has 3 aromatic rings. The number of halogens is 1. The Kier molecular flexibility index (Phi) is 3.54. The number of oxazole rings is 1. The number of hydrogen-bond acceptors (Lipinski definition) is 5. The molecule has 0 unspecified atom stereocenters. The number of aryl methyl sites for hydroxylation is 1. The molecule has 114 valence electrons. The summed E-state index contributed by atoms with van der Waals surface area (Å²) in [6, 6.07) is 7.01. The van der Waals surface area contributed by atoms with Gasteiger partial charge in [0.25, 0.3) is 0 Å². The molecule has 2 aromatic heterocycles. The van der Waals surface area contributed by atoms with E-state index in [0.29, 0.717) is 33.3 Å². The lowest BCUT2D eigenvalue weighted by atomic mass is 10.1. The second-order valence-corrected chi connectivity index (χ2v) is 5.36. The van der Waals surface area contributed by atoms with Crippen LogP contribution < -0.4 is 16.2 Å². The first-order valence-corrected chi connectivity index (χ1v) is 7.01. The lowest BCUT2D eigenvalue weighted by Gasteiger charge is -2.16. The molecule has 0 saturated carbocycles. The van der Waals surface area contributed by atoms with Crippen LogP contribution in [0.4, 0.5) is 5.82 Å². The molecular formula is C15H14ClN3O3. The van der Waals surface area contributed by atoms with Crippen LogP contribution in [0.25, 0.3) is 11.1 Å². The van der Waals surface area contributed by atoms with Gasteiger partial charge in [-0.3, -0.25) is 4.57 Å². The second-order valence-electron chi connectivity index (χ2n) is 4.92. The molecule has 2 N–H and O–H groups in total. The second kappa shape index (κ2) is 5.38. The molecule has 0 aliphatic carbocycles. The van der Waals surface area contributed by atoms with Crippen molar-refractivity contribution >= 4 is 28.5 Å². The fraction of sp³-hybridized carbons (Fsp3) is 0.200. The highest BCUT2D eigenvalue weighted by Gasteiger charge is 2.17. The van der Waals surface area contributed by atoms with Crippen LogP contribution in [0.2, 0.25) is 5.02 Å². The van der Waals surface area contributed by atoms with Gasteiger partial charge in [0.1, 0.15) is 11.9 Å². The van der Waals surface area contributed by atoms with Crippen molar-refractivity contribution in [2.75, 3.05) is 5.73 Å². The van der Waals surface area contributed by atoms with E-state index in [0.717, 1.165) is 0 Å². The first-order valence-electron chi connectivity index (χ1n) is 6.63. The van der Waals surface area contributed by atoms with E-state index in [9.17, 15) is 4.79 Å². The van der Waals surface area contributed by atoms with E-state index < -0.39 is 11.9 Å². The third kappa shape index (κ3) is 2.42. The van der Waals surface area contributed by atoms with Crippen molar-refractivity contribution in [2.24, 2.45) is 7.05 Å². The van der Waals surface area contributed by atoms with Gasteiger partial charge in [0.2, 0.25) is 0 Å². The molecule has 1 aromatic carbocycles. The van der Waals surface area contributed by atoms with E-state index in [1.54, 1.807) is 31.3 Å². The molecule has 0 radical (unpaired) electrons. The molecule has 0 spiro atoms. The predicted octanol–water partition coefficient (Wildman–Crippen LogP) is 2.90. The Labute approximate surface area is 131 Å². The number of ether oxygens (including phenoxy) is 1. The summed E-state index contributed by atoms with van der Waals surface area (Å²) in [6.07, 6.45) is 1.08. The molecule has 0 aliphatic heterocycles. The van der Waals surface area contributed by atoms with E-state index in [1.165, 1.54) is 10.8 Å². The van der Waals surface area contributed by atoms with Crippen LogP contribution in [0.15, 0.2) is 39.7 Å². The maximum absolute atomic E-state index is 11.6. The quantitative estimate of drug-likeness (QED) is 0.802. The van der Waals surface area contributed by atoms with E-state index in [1.807, 2.05) is 6.92 Å². The number of pyridine rings is 1. The fourth-order valence-electron chi connectivity index (χ4n) is 2.26. The molecule has 22 heavy (non-hydrogen) atoms. The summed E-state index contributed by atoms with van der Waals surface area (Å²) in [5.74, 6) is 0.364. The minimum absolute atomic E-state index is 0.346. The van der Waals surface area contributed by atoms with E-state index in [4.69, 9.17) is 26.5 Å². The molecule has 0 amide bonds. The van der Waals surface area contributed by atoms with Crippen molar-refractivity contribution in [1.82, 2.24) is 9.55 Å². The first kappa shape index (κ1) is 14.5. The molecule has 0 saturated heterocycles. The summed E-state index contributed by atoms with van der Waals surface area (Å²) in [6.45, 7) is 1.82. The minimum atomic E-state index is -0.442. The Morgan fingerprint density at radius 3 is 3.00 bits per heavy atom. The van der Waals surface area contributed by atoms with Gasteiger partial charge in [0.15, 0.2) is 11.3 Å². The Hall–Kier alpha value is -2.47. The van der Waals surface area contributed by atoms with Gasteiger partial charge >= 0.3 is 5.76 Å². The van der Waals surface area contributed by atoms with E-state index >= 15 is 0 Å². The molecule has 0 bridgehead atoms. The molecule has 1 atom stereocenters. The number of rotatable bonds is 3. The van der Waals surface area contributed by atoms with Gasteiger partial charge in [-0.25, -0.2) is 9.78 Å². The largest absolute Gasteiger partial charge is 0.482 e. The number of fused-ring (bicyclic) bond motifs is 1. The number of anilines is 1. The zero-order valence-corrected chi connectivity index (χ0v) is 12.8. The molecule has 2 heterocycles. The van der Waals surface area contributed by atoms with Gasteiger partial charge in [0.05, 0.1) is 10.5 Å². The van der Waals surface area contributed by atoms with Crippen LogP contribution in [0.5, 0.6) is 5.75 Å². The van der Waals surface area contributed by atoms with Crippen LogP contribution in [-0.4, -0.2) is 9.55 Å². The summed E-state index contributed by atoms with van der Waals surface area (Å²) in [5, 5.41) is 0.476. The van der Waals surface area contributed by atoms with Crippen LogP contribution in [0, 0.1) is 0 Å². The van der Waals surface area contributed by atoms with E-state index in [2.05, 4.69) is 4.98 Å². The van der Waals surface area contributed by atoms with Crippen molar-refractivity contribution in [3.63, 3.8) is 0 Å². The maximum Gasteiger partial charge on any atom is 0.419 e. The molecule has 7 heteroatoms. The predicted molar refractivity (Wildman–Crippen MR) is 84.2 cm³/mol. The lowest BCUT2D eigenvalue weighted by molar-refractivity contribution is 0.227. The van der Waals surface area contributed by atoms with Gasteiger partial charge in [-0.1, -0.05) is 17.7 Å². The maximum atomic E-state index is 11.6. The van der Waals surface area contributed by atoms with Gasteiger partial charge < -0.3 is 14.9 Å². The number of para-hydroxylation sites is 1. The number of hydrogen-bond donors (Lipinski definition) is 1. The Morgan fingerprint density at radius 2 is 2.23 bits per heavy atom. The van der Waals surface area contributed by atoms with Gasteiger partial charge in [-0.2, -0.15) is 0 Å². The van der Waals surface area contributed by atoms with Crippen LogP contribution >= 0.6 is 11.6 Å². The Balaban J connectivity index is 2.01. The van der Waals surface area contributed by atoms with E-state index in [-0.39, 0.29) is 0 Å². The van der Waals surface area contributed by atoms with Crippen molar-refractivity contribution in [1.29, 1.82) is 0 Å². The average Bonchev–Trinajstić information content (AvgIpc) is 2.78. The van der Waals surface area contributed by atoms with Crippen molar-refractivity contribution < 1.29 is 9.15 Å². The normalized spacial score (nSPS) is 12.5. The summed E-state index contributed by atoms with van der Waals surface area (Å²) >= 11 is 5.95. The van der Waals surface area contributed by atoms with Gasteiger partial charge in [0, 0.05) is 18.8 Å². The third-order valence-corrected chi connectivity index (χ3v) is 3.65. The Bertz CT molecular complexity index is 901.